The molecule has 3 aromatic heterocycles. The Bertz CT molecular complexity index is 1680. The van der Waals surface area contributed by atoms with Crippen LogP contribution < -0.4 is 15.0 Å². The molecule has 2 aromatic carbocycles. The standard InChI is InChI=1S/C28H29N9O2/c1-4-24(38)36-12-14-37(15-13-36)27-19-6-5-7-22(39-26-18(2)8-9-21-20(26)16-31-34-21)25(19)32-28(33-27)30-17-23-29-10-11-35(23)3/h4-11,16H,1,12-15,17H2,2-3H3,(H,31,34)(H,30,32,33). The van der Waals surface area contributed by atoms with Crippen LogP contribution in [0.1, 0.15) is 11.4 Å². The molecular formula is C28H29N9O2. The fraction of sp³-hybridized carbons (Fsp3) is 0.250. The average molecular weight is 524 g/mol. The first-order valence-electron chi connectivity index (χ1n) is 12.8. The number of aromatic nitrogens is 6. The number of benzene rings is 2. The Labute approximate surface area is 225 Å². The summed E-state index contributed by atoms with van der Waals surface area (Å²) in [6.45, 7) is 8.55. The minimum absolute atomic E-state index is 0.0564. The SMILES string of the molecule is C=CC(=O)N1CCN(c2nc(NCc3nccn3C)nc3c(Oc4c(C)ccc5[nH]ncc45)cccc23)CC1. The number of carbonyl (C=O) groups excluding carboxylic acids is 1. The van der Waals surface area contributed by atoms with Gasteiger partial charge in [0.05, 0.1) is 23.6 Å². The summed E-state index contributed by atoms with van der Waals surface area (Å²) in [4.78, 5) is 30.4. The molecule has 11 nitrogen and oxygen atoms in total. The molecule has 0 atom stereocenters. The van der Waals surface area contributed by atoms with Crippen molar-refractivity contribution in [3.05, 3.63) is 73.0 Å². The number of carbonyl (C=O) groups is 1. The lowest BCUT2D eigenvalue weighted by Crippen LogP contribution is -2.48. The highest BCUT2D eigenvalue weighted by molar-refractivity contribution is 5.95. The maximum absolute atomic E-state index is 12.1. The van der Waals surface area contributed by atoms with E-state index in [4.69, 9.17) is 14.7 Å². The molecule has 0 unspecified atom stereocenters. The highest BCUT2D eigenvalue weighted by Crippen LogP contribution is 2.38. The van der Waals surface area contributed by atoms with Crippen LogP contribution in [0.2, 0.25) is 0 Å². The number of piperazine rings is 1. The number of fused-ring (bicyclic) bond motifs is 2. The smallest absolute Gasteiger partial charge is 0.246 e. The van der Waals surface area contributed by atoms with Crippen LogP contribution in [0.4, 0.5) is 11.8 Å². The summed E-state index contributed by atoms with van der Waals surface area (Å²) < 4.78 is 8.50. The third kappa shape index (κ3) is 4.63. The highest BCUT2D eigenvalue weighted by Gasteiger charge is 2.24. The van der Waals surface area contributed by atoms with Crippen LogP contribution in [0.5, 0.6) is 11.5 Å². The van der Waals surface area contributed by atoms with Gasteiger partial charge >= 0.3 is 0 Å². The Morgan fingerprint density at radius 1 is 1.15 bits per heavy atom. The normalized spacial score (nSPS) is 13.7. The third-order valence-electron chi connectivity index (χ3n) is 7.04. The largest absolute Gasteiger partial charge is 0.454 e. The minimum atomic E-state index is -0.0564. The van der Waals surface area contributed by atoms with E-state index in [-0.39, 0.29) is 5.91 Å². The van der Waals surface area contributed by atoms with Crippen molar-refractivity contribution in [2.45, 2.75) is 13.5 Å². The van der Waals surface area contributed by atoms with Gasteiger partial charge in [-0.15, -0.1) is 0 Å². The number of ether oxygens (including phenoxy) is 1. The number of anilines is 2. The van der Waals surface area contributed by atoms with Crippen LogP contribution in [0, 0.1) is 6.92 Å². The van der Waals surface area contributed by atoms with E-state index in [9.17, 15) is 4.79 Å². The van der Waals surface area contributed by atoms with Gasteiger partial charge in [-0.25, -0.2) is 9.97 Å². The molecule has 1 aliphatic heterocycles. The van der Waals surface area contributed by atoms with E-state index in [2.05, 4.69) is 32.0 Å². The lowest BCUT2D eigenvalue weighted by Gasteiger charge is -2.35. The predicted molar refractivity (Wildman–Crippen MR) is 150 cm³/mol. The quantitative estimate of drug-likeness (QED) is 0.310. The number of aromatic amines is 1. The van der Waals surface area contributed by atoms with E-state index < -0.39 is 0 Å². The number of aryl methyl sites for hydroxylation is 2. The van der Waals surface area contributed by atoms with Gasteiger partial charge in [-0.05, 0) is 36.8 Å². The van der Waals surface area contributed by atoms with Gasteiger partial charge in [0.15, 0.2) is 5.75 Å². The van der Waals surface area contributed by atoms with Crippen molar-refractivity contribution in [2.24, 2.45) is 7.05 Å². The monoisotopic (exact) mass is 523 g/mol. The lowest BCUT2D eigenvalue weighted by atomic mass is 10.1. The summed E-state index contributed by atoms with van der Waals surface area (Å²) in [5.41, 5.74) is 2.58. The van der Waals surface area contributed by atoms with Crippen LogP contribution in [0.3, 0.4) is 0 Å². The molecule has 39 heavy (non-hydrogen) atoms. The van der Waals surface area contributed by atoms with Gasteiger partial charge in [-0.3, -0.25) is 9.89 Å². The maximum atomic E-state index is 12.1. The number of H-pyrrole nitrogens is 1. The third-order valence-corrected chi connectivity index (χ3v) is 7.04. The zero-order valence-corrected chi connectivity index (χ0v) is 21.9. The number of para-hydroxylation sites is 1. The Morgan fingerprint density at radius 3 is 2.77 bits per heavy atom. The van der Waals surface area contributed by atoms with E-state index >= 15 is 0 Å². The molecule has 1 fully saturated rings. The van der Waals surface area contributed by atoms with Crippen LogP contribution in [0.25, 0.3) is 21.8 Å². The van der Waals surface area contributed by atoms with Gasteiger partial charge in [-0.2, -0.15) is 10.1 Å². The molecule has 1 saturated heterocycles. The topological polar surface area (TPSA) is 117 Å². The number of imidazole rings is 1. The first kappa shape index (κ1) is 24.4. The fourth-order valence-corrected chi connectivity index (χ4v) is 4.85. The Hall–Kier alpha value is -4.93. The molecule has 6 rings (SSSR count). The molecule has 5 aromatic rings. The van der Waals surface area contributed by atoms with Crippen molar-refractivity contribution >= 4 is 39.5 Å². The summed E-state index contributed by atoms with van der Waals surface area (Å²) in [5.74, 6) is 3.42. The molecule has 1 amide bonds. The second kappa shape index (κ2) is 10.1. The van der Waals surface area contributed by atoms with Crippen molar-refractivity contribution in [3.8, 4) is 11.5 Å². The van der Waals surface area contributed by atoms with Gasteiger partial charge in [0.2, 0.25) is 11.9 Å². The molecule has 0 spiro atoms. The van der Waals surface area contributed by atoms with Crippen LogP contribution in [0.15, 0.2) is 61.6 Å². The van der Waals surface area contributed by atoms with Gasteiger partial charge in [0, 0.05) is 51.0 Å². The average Bonchev–Trinajstić information content (AvgIpc) is 3.61. The van der Waals surface area contributed by atoms with Crippen molar-refractivity contribution in [2.75, 3.05) is 36.4 Å². The first-order valence-corrected chi connectivity index (χ1v) is 12.8. The van der Waals surface area contributed by atoms with Gasteiger partial charge in [0.1, 0.15) is 22.9 Å². The maximum Gasteiger partial charge on any atom is 0.246 e. The fourth-order valence-electron chi connectivity index (χ4n) is 4.85. The molecule has 2 N–H and O–H groups in total. The minimum Gasteiger partial charge on any atom is -0.454 e. The zero-order chi connectivity index (χ0) is 26.9. The van der Waals surface area contributed by atoms with Gasteiger partial charge in [-0.1, -0.05) is 18.7 Å². The Morgan fingerprint density at radius 2 is 2.00 bits per heavy atom. The molecular weight excluding hydrogens is 494 g/mol. The van der Waals surface area contributed by atoms with Gasteiger partial charge < -0.3 is 24.4 Å². The molecule has 11 heteroatoms. The predicted octanol–water partition coefficient (Wildman–Crippen LogP) is 3.79. The zero-order valence-electron chi connectivity index (χ0n) is 21.9. The summed E-state index contributed by atoms with van der Waals surface area (Å²) in [5, 5.41) is 12.3. The number of hydrogen-bond donors (Lipinski definition) is 2. The lowest BCUT2D eigenvalue weighted by molar-refractivity contribution is -0.126. The molecule has 4 heterocycles. The number of rotatable bonds is 7. The Balaban J connectivity index is 1.41. The van der Waals surface area contributed by atoms with Crippen LogP contribution in [-0.2, 0) is 18.4 Å². The van der Waals surface area contributed by atoms with Crippen LogP contribution >= 0.6 is 0 Å². The summed E-state index contributed by atoms with van der Waals surface area (Å²) >= 11 is 0. The summed E-state index contributed by atoms with van der Waals surface area (Å²) in [7, 11) is 1.95. The molecule has 0 radical (unpaired) electrons. The van der Waals surface area contributed by atoms with E-state index in [0.717, 1.165) is 39.2 Å². The second-order valence-electron chi connectivity index (χ2n) is 9.49. The van der Waals surface area contributed by atoms with Crippen molar-refractivity contribution < 1.29 is 9.53 Å². The Kier molecular flexibility index (Phi) is 6.31. The van der Waals surface area contributed by atoms with Crippen LogP contribution in [-0.4, -0.2) is 66.7 Å². The molecule has 0 bridgehead atoms. The van der Waals surface area contributed by atoms with E-state index in [1.54, 1.807) is 17.3 Å². The van der Waals surface area contributed by atoms with E-state index in [1.165, 1.54) is 6.08 Å². The van der Waals surface area contributed by atoms with Crippen molar-refractivity contribution in [1.29, 1.82) is 0 Å². The molecule has 1 aliphatic rings. The molecule has 0 aliphatic carbocycles. The number of nitrogens with one attached hydrogen (secondary N) is 2. The van der Waals surface area contributed by atoms with Crippen molar-refractivity contribution in [3.63, 3.8) is 0 Å². The van der Waals surface area contributed by atoms with Gasteiger partial charge in [0.25, 0.3) is 0 Å². The number of nitrogens with zero attached hydrogens (tertiary/aromatic N) is 7. The van der Waals surface area contributed by atoms with Crippen molar-refractivity contribution in [1.82, 2.24) is 34.6 Å². The highest BCUT2D eigenvalue weighted by atomic mass is 16.5. The molecule has 0 saturated carbocycles. The second-order valence-corrected chi connectivity index (χ2v) is 9.49. The van der Waals surface area contributed by atoms with E-state index in [1.807, 2.05) is 55.1 Å². The first-order chi connectivity index (χ1) is 19.0. The van der Waals surface area contributed by atoms with E-state index in [0.29, 0.717) is 49.9 Å². The summed E-state index contributed by atoms with van der Waals surface area (Å²) in [6.07, 6.45) is 6.80. The number of amides is 1. The number of hydrogen-bond acceptors (Lipinski definition) is 8. The summed E-state index contributed by atoms with van der Waals surface area (Å²) in [6, 6.07) is 9.87. The molecule has 198 valence electrons.